The van der Waals surface area contributed by atoms with E-state index in [2.05, 4.69) is 5.32 Å². The Morgan fingerprint density at radius 1 is 1.19 bits per heavy atom. The Labute approximate surface area is 163 Å². The van der Waals surface area contributed by atoms with Crippen LogP contribution in [0.15, 0.2) is 29.2 Å². The monoisotopic (exact) mass is 431 g/mol. The third-order valence-electron chi connectivity index (χ3n) is 4.31. The molecule has 0 fully saturated rings. The quantitative estimate of drug-likeness (QED) is 0.616. The Balaban J connectivity index is 0.00000676. The molecule has 0 saturated heterocycles. The van der Waals surface area contributed by atoms with Crippen molar-refractivity contribution in [3.05, 3.63) is 29.8 Å². The number of nitrogens with two attached hydrogens (primary N) is 1. The Morgan fingerprint density at radius 2 is 1.70 bits per heavy atom. The van der Waals surface area contributed by atoms with Gasteiger partial charge in [0.05, 0.1) is 22.0 Å². The summed E-state index contributed by atoms with van der Waals surface area (Å²) < 4.78 is 65.9. The SMILES string of the molecule is CC(NS(=O)(=O)c1ccccc1C(F)(F)F)C(=O)NC(C)(CN)C(C)C.Cl. The van der Waals surface area contributed by atoms with Gasteiger partial charge in [-0.05, 0) is 31.9 Å². The van der Waals surface area contributed by atoms with E-state index in [1.807, 2.05) is 18.6 Å². The first-order chi connectivity index (χ1) is 11.7. The highest BCUT2D eigenvalue weighted by atomic mass is 35.5. The first-order valence-electron chi connectivity index (χ1n) is 7.95. The molecule has 0 saturated carbocycles. The smallest absolute Gasteiger partial charge is 0.348 e. The van der Waals surface area contributed by atoms with Gasteiger partial charge in [-0.3, -0.25) is 4.79 Å². The number of carbonyl (C=O) groups is 1. The minimum absolute atomic E-state index is 0. The van der Waals surface area contributed by atoms with Crippen molar-refractivity contribution in [1.29, 1.82) is 0 Å². The fourth-order valence-electron chi connectivity index (χ4n) is 2.11. The van der Waals surface area contributed by atoms with Crippen LogP contribution < -0.4 is 15.8 Å². The van der Waals surface area contributed by atoms with Gasteiger partial charge in [-0.15, -0.1) is 12.4 Å². The van der Waals surface area contributed by atoms with Gasteiger partial charge in [0.15, 0.2) is 0 Å². The molecule has 0 spiro atoms. The highest BCUT2D eigenvalue weighted by Crippen LogP contribution is 2.33. The van der Waals surface area contributed by atoms with Crippen molar-refractivity contribution in [2.24, 2.45) is 11.7 Å². The lowest BCUT2D eigenvalue weighted by atomic mass is 9.88. The van der Waals surface area contributed by atoms with Crippen molar-refractivity contribution in [1.82, 2.24) is 10.0 Å². The van der Waals surface area contributed by atoms with Gasteiger partial charge in [-0.1, -0.05) is 26.0 Å². The molecule has 1 aromatic carbocycles. The lowest BCUT2D eigenvalue weighted by Crippen LogP contribution is -2.59. The van der Waals surface area contributed by atoms with Gasteiger partial charge in [0.25, 0.3) is 0 Å². The predicted octanol–water partition coefficient (Wildman–Crippen LogP) is 2.28. The lowest BCUT2D eigenvalue weighted by molar-refractivity contribution is -0.139. The molecule has 0 aliphatic rings. The molecule has 0 heterocycles. The number of sulfonamides is 1. The van der Waals surface area contributed by atoms with Crippen molar-refractivity contribution >= 4 is 28.3 Å². The summed E-state index contributed by atoms with van der Waals surface area (Å²) in [6.45, 7) is 6.74. The van der Waals surface area contributed by atoms with E-state index in [9.17, 15) is 26.4 Å². The molecular weight excluding hydrogens is 407 g/mol. The van der Waals surface area contributed by atoms with E-state index in [1.165, 1.54) is 13.0 Å². The van der Waals surface area contributed by atoms with Crippen molar-refractivity contribution in [2.45, 2.75) is 50.3 Å². The maximum absolute atomic E-state index is 13.0. The topological polar surface area (TPSA) is 101 Å². The highest BCUT2D eigenvalue weighted by molar-refractivity contribution is 7.89. The molecule has 0 bridgehead atoms. The number of hydrogen-bond acceptors (Lipinski definition) is 4. The van der Waals surface area contributed by atoms with E-state index in [-0.39, 0.29) is 24.9 Å². The average molecular weight is 432 g/mol. The number of halogens is 4. The molecule has 2 unspecified atom stereocenters. The number of amides is 1. The second-order valence-corrected chi connectivity index (χ2v) is 8.28. The zero-order valence-corrected chi connectivity index (χ0v) is 17.1. The van der Waals surface area contributed by atoms with Crippen LogP contribution >= 0.6 is 12.4 Å². The van der Waals surface area contributed by atoms with Crippen LogP contribution in [0, 0.1) is 5.92 Å². The summed E-state index contributed by atoms with van der Waals surface area (Å²) >= 11 is 0. The van der Waals surface area contributed by atoms with Gasteiger partial charge in [0, 0.05) is 6.54 Å². The summed E-state index contributed by atoms with van der Waals surface area (Å²) in [4.78, 5) is 11.4. The zero-order valence-electron chi connectivity index (χ0n) is 15.4. The molecule has 1 rings (SSSR count). The summed E-state index contributed by atoms with van der Waals surface area (Å²) in [6.07, 6.45) is -4.84. The Morgan fingerprint density at radius 3 is 2.15 bits per heavy atom. The molecular formula is C16H25ClF3N3O3S. The van der Waals surface area contributed by atoms with Crippen molar-refractivity contribution in [2.75, 3.05) is 6.54 Å². The molecule has 11 heteroatoms. The summed E-state index contributed by atoms with van der Waals surface area (Å²) in [6, 6.07) is 2.50. The number of benzene rings is 1. The van der Waals surface area contributed by atoms with Gasteiger partial charge in [0.1, 0.15) is 0 Å². The van der Waals surface area contributed by atoms with Crippen LogP contribution in [0.2, 0.25) is 0 Å². The highest BCUT2D eigenvalue weighted by Gasteiger charge is 2.38. The van der Waals surface area contributed by atoms with Crippen LogP contribution in [0.4, 0.5) is 13.2 Å². The van der Waals surface area contributed by atoms with Gasteiger partial charge in [0.2, 0.25) is 15.9 Å². The number of rotatable bonds is 7. The predicted molar refractivity (Wildman–Crippen MR) is 98.9 cm³/mol. The third-order valence-corrected chi connectivity index (χ3v) is 5.91. The molecule has 0 aliphatic carbocycles. The molecule has 0 radical (unpaired) electrons. The van der Waals surface area contributed by atoms with Gasteiger partial charge >= 0.3 is 6.18 Å². The molecule has 4 N–H and O–H groups in total. The maximum Gasteiger partial charge on any atom is 0.417 e. The average Bonchev–Trinajstić information content (AvgIpc) is 2.53. The second-order valence-electron chi connectivity index (χ2n) is 6.60. The van der Waals surface area contributed by atoms with Crippen LogP contribution in [-0.2, 0) is 21.0 Å². The number of alkyl halides is 3. The van der Waals surface area contributed by atoms with E-state index in [1.54, 1.807) is 6.92 Å². The molecule has 27 heavy (non-hydrogen) atoms. The van der Waals surface area contributed by atoms with Crippen LogP contribution in [0.3, 0.4) is 0 Å². The van der Waals surface area contributed by atoms with Crippen LogP contribution in [0.1, 0.15) is 33.3 Å². The number of carbonyl (C=O) groups excluding carboxylic acids is 1. The number of hydrogen-bond donors (Lipinski definition) is 3. The molecule has 1 aromatic rings. The molecule has 0 aromatic heterocycles. The van der Waals surface area contributed by atoms with Crippen LogP contribution in [-0.4, -0.2) is 32.5 Å². The van der Waals surface area contributed by atoms with E-state index in [4.69, 9.17) is 5.73 Å². The van der Waals surface area contributed by atoms with Crippen molar-refractivity contribution < 1.29 is 26.4 Å². The van der Waals surface area contributed by atoms with Gasteiger partial charge in [-0.25, -0.2) is 8.42 Å². The van der Waals surface area contributed by atoms with E-state index >= 15 is 0 Å². The summed E-state index contributed by atoms with van der Waals surface area (Å²) in [7, 11) is -4.56. The van der Waals surface area contributed by atoms with E-state index in [0.29, 0.717) is 6.07 Å². The zero-order chi connectivity index (χ0) is 20.3. The van der Waals surface area contributed by atoms with Crippen molar-refractivity contribution in [3.8, 4) is 0 Å². The Hall–Kier alpha value is -1.36. The normalized spacial score (nSPS) is 15.6. The molecule has 2 atom stereocenters. The summed E-state index contributed by atoms with van der Waals surface area (Å²) in [5.41, 5.74) is 3.59. The standard InChI is InChI=1S/C16H24F3N3O3S.ClH/c1-10(2)15(4,9-20)21-14(23)11(3)22-26(24,25)13-8-6-5-7-12(13)16(17,18)19;/h5-8,10-11,22H,9,20H2,1-4H3,(H,21,23);1H. The fourth-order valence-corrected chi connectivity index (χ4v) is 3.54. The Bertz CT molecular complexity index is 757. The first kappa shape index (κ1) is 25.6. The van der Waals surface area contributed by atoms with E-state index in [0.717, 1.165) is 12.1 Å². The summed E-state index contributed by atoms with van der Waals surface area (Å²) in [5, 5.41) is 2.65. The minimum Gasteiger partial charge on any atom is -0.348 e. The fraction of sp³-hybridized carbons (Fsp3) is 0.562. The molecule has 1 amide bonds. The lowest BCUT2D eigenvalue weighted by Gasteiger charge is -2.34. The van der Waals surface area contributed by atoms with Crippen molar-refractivity contribution in [3.63, 3.8) is 0 Å². The Kier molecular flexibility index (Phi) is 8.76. The third kappa shape index (κ3) is 6.34. The minimum atomic E-state index is -4.84. The number of nitrogens with one attached hydrogen (secondary N) is 2. The van der Waals surface area contributed by atoms with Gasteiger partial charge in [-0.2, -0.15) is 17.9 Å². The van der Waals surface area contributed by atoms with Crippen LogP contribution in [0.25, 0.3) is 0 Å². The van der Waals surface area contributed by atoms with E-state index < -0.39 is 44.1 Å². The molecule has 156 valence electrons. The maximum atomic E-state index is 13.0. The largest absolute Gasteiger partial charge is 0.417 e. The van der Waals surface area contributed by atoms with Gasteiger partial charge < -0.3 is 11.1 Å². The summed E-state index contributed by atoms with van der Waals surface area (Å²) in [5.74, 6) is -0.717. The molecule has 6 nitrogen and oxygen atoms in total. The second kappa shape index (κ2) is 9.22. The molecule has 0 aliphatic heterocycles. The first-order valence-corrected chi connectivity index (χ1v) is 9.43. The van der Waals surface area contributed by atoms with Crippen LogP contribution in [0.5, 0.6) is 0 Å².